The van der Waals surface area contributed by atoms with E-state index in [4.69, 9.17) is 4.74 Å². The topological polar surface area (TPSA) is 37.9 Å². The lowest BCUT2D eigenvalue weighted by Crippen LogP contribution is -2.04. The first-order chi connectivity index (χ1) is 11.5. The summed E-state index contributed by atoms with van der Waals surface area (Å²) in [5, 5.41) is 0. The van der Waals surface area contributed by atoms with E-state index in [-0.39, 0.29) is 0 Å². The van der Waals surface area contributed by atoms with Gasteiger partial charge in [0.1, 0.15) is 11.6 Å². The van der Waals surface area contributed by atoms with Gasteiger partial charge in [0.25, 0.3) is 0 Å². The van der Waals surface area contributed by atoms with Gasteiger partial charge in [-0.2, -0.15) is 13.2 Å². The standard InChI is InChI=1S/C18H15F3N2O/c1-24-16-5-3-2-4-13(16)10-15-11-22-17(23-15)12-6-8-14(9-7-12)18(19,20)21/h2-9,11H,10H2,1H3,(H,22,23). The first-order valence-corrected chi connectivity index (χ1v) is 7.31. The third-order valence-corrected chi connectivity index (χ3v) is 3.69. The van der Waals surface area contributed by atoms with E-state index in [1.54, 1.807) is 13.3 Å². The number of nitrogens with one attached hydrogen (secondary N) is 1. The van der Waals surface area contributed by atoms with Crippen LogP contribution in [0.25, 0.3) is 11.4 Å². The molecule has 0 radical (unpaired) electrons. The average Bonchev–Trinajstić information content (AvgIpc) is 3.03. The van der Waals surface area contributed by atoms with Crippen LogP contribution in [0.2, 0.25) is 0 Å². The van der Waals surface area contributed by atoms with E-state index in [9.17, 15) is 13.2 Å². The number of methoxy groups -OCH3 is 1. The molecule has 1 aromatic heterocycles. The van der Waals surface area contributed by atoms with Crippen LogP contribution < -0.4 is 4.74 Å². The van der Waals surface area contributed by atoms with E-state index in [2.05, 4.69) is 9.97 Å². The molecule has 0 spiro atoms. The van der Waals surface area contributed by atoms with Crippen LogP contribution in [-0.4, -0.2) is 17.1 Å². The Hall–Kier alpha value is -2.76. The molecule has 0 amide bonds. The largest absolute Gasteiger partial charge is 0.496 e. The minimum atomic E-state index is -4.34. The Labute approximate surface area is 137 Å². The predicted octanol–water partition coefficient (Wildman–Crippen LogP) is 4.69. The van der Waals surface area contributed by atoms with Crippen molar-refractivity contribution in [3.8, 4) is 17.1 Å². The number of hydrogen-bond donors (Lipinski definition) is 1. The van der Waals surface area contributed by atoms with Crippen LogP contribution in [0.3, 0.4) is 0 Å². The van der Waals surface area contributed by atoms with Crippen LogP contribution in [0.1, 0.15) is 16.8 Å². The molecule has 0 saturated heterocycles. The van der Waals surface area contributed by atoms with Crippen molar-refractivity contribution in [2.24, 2.45) is 0 Å². The van der Waals surface area contributed by atoms with Gasteiger partial charge in [0.2, 0.25) is 0 Å². The highest BCUT2D eigenvalue weighted by Gasteiger charge is 2.30. The summed E-state index contributed by atoms with van der Waals surface area (Å²) in [6, 6.07) is 12.6. The predicted molar refractivity (Wildman–Crippen MR) is 84.8 cm³/mol. The number of hydrogen-bond acceptors (Lipinski definition) is 2. The molecule has 0 aliphatic heterocycles. The Morgan fingerprint density at radius 1 is 1.04 bits per heavy atom. The minimum absolute atomic E-state index is 0.536. The maximum Gasteiger partial charge on any atom is 0.416 e. The highest BCUT2D eigenvalue weighted by molar-refractivity contribution is 5.56. The van der Waals surface area contributed by atoms with Crippen molar-refractivity contribution >= 4 is 0 Å². The van der Waals surface area contributed by atoms with Crippen LogP contribution >= 0.6 is 0 Å². The quantitative estimate of drug-likeness (QED) is 0.752. The summed E-state index contributed by atoms with van der Waals surface area (Å²) in [5.41, 5.74) is 1.79. The molecule has 0 fully saturated rings. The van der Waals surface area contributed by atoms with Crippen molar-refractivity contribution in [2.75, 3.05) is 7.11 Å². The van der Waals surface area contributed by atoms with E-state index in [0.29, 0.717) is 17.8 Å². The van der Waals surface area contributed by atoms with Gasteiger partial charge in [-0.15, -0.1) is 0 Å². The molecule has 0 atom stereocenters. The van der Waals surface area contributed by atoms with Gasteiger partial charge in [-0.05, 0) is 18.2 Å². The molecule has 0 saturated carbocycles. The molecular formula is C18H15F3N2O. The summed E-state index contributed by atoms with van der Waals surface area (Å²) in [5.74, 6) is 1.32. The van der Waals surface area contributed by atoms with Crippen molar-refractivity contribution in [3.05, 3.63) is 71.5 Å². The number of imidazole rings is 1. The molecule has 0 bridgehead atoms. The number of ether oxygens (including phenoxy) is 1. The zero-order chi connectivity index (χ0) is 17.2. The summed E-state index contributed by atoms with van der Waals surface area (Å²) in [7, 11) is 1.61. The Bertz CT molecular complexity index is 823. The molecule has 0 unspecified atom stereocenters. The molecule has 2 aromatic carbocycles. The number of benzene rings is 2. The second-order valence-corrected chi connectivity index (χ2v) is 5.32. The lowest BCUT2D eigenvalue weighted by molar-refractivity contribution is -0.137. The van der Waals surface area contributed by atoms with E-state index < -0.39 is 11.7 Å². The van der Waals surface area contributed by atoms with E-state index in [1.165, 1.54) is 12.1 Å². The Morgan fingerprint density at radius 2 is 1.75 bits per heavy atom. The molecule has 124 valence electrons. The molecule has 3 aromatic rings. The summed E-state index contributed by atoms with van der Waals surface area (Å²) in [4.78, 5) is 7.39. The van der Waals surface area contributed by atoms with Gasteiger partial charge >= 0.3 is 6.18 Å². The highest BCUT2D eigenvalue weighted by Crippen LogP contribution is 2.30. The normalized spacial score (nSPS) is 11.5. The molecule has 1 N–H and O–H groups in total. The SMILES string of the molecule is COc1ccccc1Cc1cnc(-c2ccc(C(F)(F)F)cc2)[nH]1. The Balaban J connectivity index is 1.80. The van der Waals surface area contributed by atoms with Crippen LogP contribution in [0.5, 0.6) is 5.75 Å². The third kappa shape index (κ3) is 3.42. The van der Waals surface area contributed by atoms with Crippen LogP contribution in [0, 0.1) is 0 Å². The molecule has 0 aliphatic carbocycles. The fourth-order valence-electron chi connectivity index (χ4n) is 2.47. The molecule has 1 heterocycles. The number of aromatic amines is 1. The lowest BCUT2D eigenvalue weighted by atomic mass is 10.1. The van der Waals surface area contributed by atoms with Crippen LogP contribution in [0.15, 0.2) is 54.7 Å². The number of alkyl halides is 3. The second-order valence-electron chi connectivity index (χ2n) is 5.32. The Kier molecular flexibility index (Phi) is 4.29. The van der Waals surface area contributed by atoms with E-state index in [0.717, 1.165) is 29.1 Å². The summed E-state index contributed by atoms with van der Waals surface area (Å²) < 4.78 is 43.1. The van der Waals surface area contributed by atoms with Crippen molar-refractivity contribution < 1.29 is 17.9 Å². The first kappa shape index (κ1) is 16.1. The molecule has 3 nitrogen and oxygen atoms in total. The Morgan fingerprint density at radius 3 is 2.42 bits per heavy atom. The molecular weight excluding hydrogens is 317 g/mol. The minimum Gasteiger partial charge on any atom is -0.496 e. The average molecular weight is 332 g/mol. The molecule has 24 heavy (non-hydrogen) atoms. The van der Waals surface area contributed by atoms with Gasteiger partial charge < -0.3 is 9.72 Å². The number of aromatic nitrogens is 2. The lowest BCUT2D eigenvalue weighted by Gasteiger charge is -2.07. The zero-order valence-electron chi connectivity index (χ0n) is 12.9. The smallest absolute Gasteiger partial charge is 0.416 e. The van der Waals surface area contributed by atoms with Crippen molar-refractivity contribution in [3.63, 3.8) is 0 Å². The molecule has 3 rings (SSSR count). The third-order valence-electron chi connectivity index (χ3n) is 3.69. The van der Waals surface area contributed by atoms with Crippen molar-refractivity contribution in [1.29, 1.82) is 0 Å². The highest BCUT2D eigenvalue weighted by atomic mass is 19.4. The molecule has 0 aliphatic rings. The zero-order valence-corrected chi connectivity index (χ0v) is 12.9. The number of halogens is 3. The molecule has 6 heteroatoms. The van der Waals surface area contributed by atoms with Crippen molar-refractivity contribution in [1.82, 2.24) is 9.97 Å². The number of nitrogens with zero attached hydrogens (tertiary/aromatic N) is 1. The summed E-state index contributed by atoms with van der Waals surface area (Å²) in [6.45, 7) is 0. The maximum atomic E-state index is 12.6. The van der Waals surface area contributed by atoms with Crippen molar-refractivity contribution in [2.45, 2.75) is 12.6 Å². The van der Waals surface area contributed by atoms with Gasteiger partial charge in [0.05, 0.1) is 12.7 Å². The van der Waals surface area contributed by atoms with Gasteiger partial charge in [-0.1, -0.05) is 30.3 Å². The van der Waals surface area contributed by atoms with Crippen LogP contribution in [0.4, 0.5) is 13.2 Å². The summed E-state index contributed by atoms with van der Waals surface area (Å²) >= 11 is 0. The fourth-order valence-corrected chi connectivity index (χ4v) is 2.47. The van der Waals surface area contributed by atoms with E-state index >= 15 is 0 Å². The van der Waals surface area contributed by atoms with Gasteiger partial charge in [0, 0.05) is 29.4 Å². The second kappa shape index (κ2) is 6.39. The summed E-state index contributed by atoms with van der Waals surface area (Å²) in [6.07, 6.45) is -2.06. The number of rotatable bonds is 4. The number of para-hydroxylation sites is 1. The maximum absolute atomic E-state index is 12.6. The van der Waals surface area contributed by atoms with Crippen LogP contribution in [-0.2, 0) is 12.6 Å². The van der Waals surface area contributed by atoms with E-state index in [1.807, 2.05) is 24.3 Å². The first-order valence-electron chi connectivity index (χ1n) is 7.31. The monoisotopic (exact) mass is 332 g/mol. The van der Waals surface area contributed by atoms with Gasteiger partial charge in [-0.25, -0.2) is 4.98 Å². The van der Waals surface area contributed by atoms with Gasteiger partial charge in [0.15, 0.2) is 0 Å². The van der Waals surface area contributed by atoms with Gasteiger partial charge in [-0.3, -0.25) is 0 Å². The number of H-pyrrole nitrogens is 1. The fraction of sp³-hybridized carbons (Fsp3) is 0.167.